The first-order valence-corrected chi connectivity index (χ1v) is 7.41. The van der Waals surface area contributed by atoms with E-state index in [0.29, 0.717) is 30.6 Å². The van der Waals surface area contributed by atoms with Gasteiger partial charge >= 0.3 is 0 Å². The molecule has 0 unspecified atom stereocenters. The van der Waals surface area contributed by atoms with Crippen LogP contribution in [0.15, 0.2) is 12.4 Å². The molecule has 0 radical (unpaired) electrons. The van der Waals surface area contributed by atoms with Crippen LogP contribution < -0.4 is 4.90 Å². The number of piperidine rings is 1. The summed E-state index contributed by atoms with van der Waals surface area (Å²) in [5.41, 5.74) is 1.27. The molecule has 1 saturated carbocycles. The summed E-state index contributed by atoms with van der Waals surface area (Å²) in [5, 5.41) is 0. The van der Waals surface area contributed by atoms with Crippen molar-refractivity contribution in [1.29, 1.82) is 0 Å². The number of hydrogen-bond donors (Lipinski definition) is 0. The van der Waals surface area contributed by atoms with E-state index in [4.69, 9.17) is 0 Å². The summed E-state index contributed by atoms with van der Waals surface area (Å²) >= 11 is 0. The molecule has 2 fully saturated rings. The minimum absolute atomic E-state index is 0.297. The van der Waals surface area contributed by atoms with Crippen LogP contribution in [0.3, 0.4) is 0 Å². The van der Waals surface area contributed by atoms with Crippen LogP contribution in [-0.4, -0.2) is 28.8 Å². The van der Waals surface area contributed by atoms with E-state index in [9.17, 15) is 4.79 Å². The Bertz CT molecular complexity index is 437. The van der Waals surface area contributed by atoms with Crippen molar-refractivity contribution in [1.82, 2.24) is 9.97 Å². The number of carbonyl (C=O) groups excluding carboxylic acids is 1. The van der Waals surface area contributed by atoms with Gasteiger partial charge in [0.15, 0.2) is 5.78 Å². The molecule has 1 aliphatic heterocycles. The maximum Gasteiger partial charge on any atom is 0.225 e. The van der Waals surface area contributed by atoms with Gasteiger partial charge in [0.25, 0.3) is 0 Å². The lowest BCUT2D eigenvalue weighted by atomic mass is 9.85. The molecular formula is C15H21N3O. The van der Waals surface area contributed by atoms with Gasteiger partial charge in [-0.05, 0) is 30.7 Å². The average molecular weight is 259 g/mol. The zero-order valence-electron chi connectivity index (χ0n) is 11.3. The first-order chi connectivity index (χ1) is 9.33. The van der Waals surface area contributed by atoms with Crippen molar-refractivity contribution in [2.45, 2.75) is 50.9 Å². The average Bonchev–Trinajstić information content (AvgIpc) is 2.48. The third kappa shape index (κ3) is 2.94. The third-order valence-electron chi connectivity index (χ3n) is 4.27. The SMILES string of the molecule is O=C1CCCN(c2ncc(C3CCCCC3)cn2)C1. The van der Waals surface area contributed by atoms with Crippen molar-refractivity contribution in [3.8, 4) is 0 Å². The van der Waals surface area contributed by atoms with Crippen LogP contribution in [0, 0.1) is 0 Å². The molecule has 4 heteroatoms. The van der Waals surface area contributed by atoms with Crippen molar-refractivity contribution in [3.05, 3.63) is 18.0 Å². The summed E-state index contributed by atoms with van der Waals surface area (Å²) < 4.78 is 0. The van der Waals surface area contributed by atoms with Gasteiger partial charge in [-0.25, -0.2) is 9.97 Å². The lowest BCUT2D eigenvalue weighted by Gasteiger charge is -2.26. The Morgan fingerprint density at radius 2 is 1.79 bits per heavy atom. The van der Waals surface area contributed by atoms with Crippen molar-refractivity contribution < 1.29 is 4.79 Å². The Balaban J connectivity index is 1.69. The first-order valence-electron chi connectivity index (χ1n) is 7.41. The Hall–Kier alpha value is -1.45. The van der Waals surface area contributed by atoms with Crippen LogP contribution in [0.25, 0.3) is 0 Å². The number of rotatable bonds is 2. The molecular weight excluding hydrogens is 238 g/mol. The van der Waals surface area contributed by atoms with Crippen LogP contribution in [-0.2, 0) is 4.79 Å². The number of Topliss-reactive ketones (excluding diaryl/α,β-unsaturated/α-hetero) is 1. The summed E-state index contributed by atoms with van der Waals surface area (Å²) in [7, 11) is 0. The lowest BCUT2D eigenvalue weighted by Crippen LogP contribution is -2.36. The van der Waals surface area contributed by atoms with Crippen molar-refractivity contribution in [2.24, 2.45) is 0 Å². The first kappa shape index (κ1) is 12.6. The fourth-order valence-electron chi connectivity index (χ4n) is 3.15. The highest BCUT2D eigenvalue weighted by Crippen LogP contribution is 2.32. The zero-order valence-corrected chi connectivity index (χ0v) is 11.3. The molecule has 2 aliphatic rings. The molecule has 2 heterocycles. The molecule has 0 amide bonds. The minimum Gasteiger partial charge on any atom is -0.333 e. The molecule has 1 aliphatic carbocycles. The van der Waals surface area contributed by atoms with Gasteiger partial charge in [-0.15, -0.1) is 0 Å². The molecule has 4 nitrogen and oxygen atoms in total. The van der Waals surface area contributed by atoms with Gasteiger partial charge in [-0.3, -0.25) is 4.79 Å². The molecule has 1 aromatic heterocycles. The summed E-state index contributed by atoms with van der Waals surface area (Å²) in [6, 6.07) is 0. The van der Waals surface area contributed by atoms with Gasteiger partial charge in [-0.1, -0.05) is 19.3 Å². The molecule has 0 aromatic carbocycles. The summed E-state index contributed by atoms with van der Waals surface area (Å²) in [6.45, 7) is 1.37. The van der Waals surface area contributed by atoms with Gasteiger partial charge in [0, 0.05) is 25.4 Å². The highest BCUT2D eigenvalue weighted by molar-refractivity contribution is 5.84. The van der Waals surface area contributed by atoms with E-state index in [2.05, 4.69) is 9.97 Å². The molecule has 0 atom stereocenters. The smallest absolute Gasteiger partial charge is 0.225 e. The van der Waals surface area contributed by atoms with Crippen LogP contribution >= 0.6 is 0 Å². The van der Waals surface area contributed by atoms with Crippen LogP contribution in [0.1, 0.15) is 56.4 Å². The monoisotopic (exact) mass is 259 g/mol. The number of hydrogen-bond acceptors (Lipinski definition) is 4. The zero-order chi connectivity index (χ0) is 13.1. The van der Waals surface area contributed by atoms with E-state index < -0.39 is 0 Å². The van der Waals surface area contributed by atoms with Gasteiger partial charge < -0.3 is 4.90 Å². The predicted molar refractivity (Wildman–Crippen MR) is 74.3 cm³/mol. The van der Waals surface area contributed by atoms with Crippen LogP contribution in [0.5, 0.6) is 0 Å². The number of anilines is 1. The summed E-state index contributed by atoms with van der Waals surface area (Å²) in [5.74, 6) is 1.66. The van der Waals surface area contributed by atoms with Gasteiger partial charge in [-0.2, -0.15) is 0 Å². The summed E-state index contributed by atoms with van der Waals surface area (Å²) in [4.78, 5) is 22.4. The number of carbonyl (C=O) groups is 1. The lowest BCUT2D eigenvalue weighted by molar-refractivity contribution is -0.118. The molecule has 0 N–H and O–H groups in total. The predicted octanol–water partition coefficient (Wildman–Crippen LogP) is 2.69. The highest BCUT2D eigenvalue weighted by atomic mass is 16.1. The van der Waals surface area contributed by atoms with Crippen molar-refractivity contribution in [3.63, 3.8) is 0 Å². The Kier molecular flexibility index (Phi) is 3.76. The van der Waals surface area contributed by atoms with Crippen LogP contribution in [0.4, 0.5) is 5.95 Å². The standard InChI is InChI=1S/C15H21N3O/c19-14-7-4-8-18(11-14)15-16-9-13(10-17-15)12-5-2-1-3-6-12/h9-10,12H,1-8,11H2. The Morgan fingerprint density at radius 3 is 2.47 bits per heavy atom. The number of aromatic nitrogens is 2. The molecule has 1 aromatic rings. The van der Waals surface area contributed by atoms with Gasteiger partial charge in [0.2, 0.25) is 5.95 Å². The third-order valence-corrected chi connectivity index (χ3v) is 4.27. The van der Waals surface area contributed by atoms with E-state index in [1.54, 1.807) is 0 Å². The van der Waals surface area contributed by atoms with E-state index in [0.717, 1.165) is 13.0 Å². The maximum absolute atomic E-state index is 11.5. The molecule has 0 bridgehead atoms. The highest BCUT2D eigenvalue weighted by Gasteiger charge is 2.20. The number of nitrogens with zero attached hydrogens (tertiary/aromatic N) is 3. The second-order valence-corrected chi connectivity index (χ2v) is 5.72. The second kappa shape index (κ2) is 5.68. The van der Waals surface area contributed by atoms with Gasteiger partial charge in [0.1, 0.15) is 0 Å². The van der Waals surface area contributed by atoms with E-state index in [1.807, 2.05) is 17.3 Å². The fourth-order valence-corrected chi connectivity index (χ4v) is 3.15. The minimum atomic E-state index is 0.297. The van der Waals surface area contributed by atoms with E-state index in [1.165, 1.54) is 37.7 Å². The molecule has 19 heavy (non-hydrogen) atoms. The normalized spacial score (nSPS) is 21.7. The topological polar surface area (TPSA) is 46.1 Å². The molecule has 3 rings (SSSR count). The largest absolute Gasteiger partial charge is 0.333 e. The molecule has 102 valence electrons. The molecule has 1 saturated heterocycles. The quantitative estimate of drug-likeness (QED) is 0.819. The van der Waals surface area contributed by atoms with E-state index in [-0.39, 0.29) is 0 Å². The van der Waals surface area contributed by atoms with Crippen LogP contribution in [0.2, 0.25) is 0 Å². The van der Waals surface area contributed by atoms with Crippen molar-refractivity contribution >= 4 is 11.7 Å². The van der Waals surface area contributed by atoms with E-state index >= 15 is 0 Å². The number of ketones is 1. The molecule has 0 spiro atoms. The fraction of sp³-hybridized carbons (Fsp3) is 0.667. The second-order valence-electron chi connectivity index (χ2n) is 5.72. The Morgan fingerprint density at radius 1 is 1.05 bits per heavy atom. The van der Waals surface area contributed by atoms with Gasteiger partial charge in [0.05, 0.1) is 6.54 Å². The van der Waals surface area contributed by atoms with Crippen molar-refractivity contribution in [2.75, 3.05) is 18.0 Å². The summed E-state index contributed by atoms with van der Waals surface area (Å²) in [6.07, 6.45) is 12.1. The maximum atomic E-state index is 11.5. The Labute approximate surface area is 114 Å².